The van der Waals surface area contributed by atoms with E-state index in [1.54, 1.807) is 13.2 Å². The number of hydrogen-bond acceptors (Lipinski definition) is 5. The number of fused-ring (bicyclic) bond motifs is 3. The number of ether oxygens (including phenoxy) is 2. The standard InChI is InChI=1S/C21H22N4O3/c1-27-18-12-17(23-16-5-3-2-4-15(16)18)20(26)25-9-7-21(8-10-25)19-14(6-11-28-21)13-22-24-19/h2-5,12-13H,6-11H2,1H3,(H,22,24). The molecule has 2 aromatic heterocycles. The predicted molar refractivity (Wildman–Crippen MR) is 103 cm³/mol. The van der Waals surface area contributed by atoms with Crippen LogP contribution in [0, 0.1) is 0 Å². The van der Waals surface area contributed by atoms with Crippen LogP contribution in [0.5, 0.6) is 5.75 Å². The van der Waals surface area contributed by atoms with Crippen LogP contribution < -0.4 is 4.74 Å². The molecule has 4 heterocycles. The van der Waals surface area contributed by atoms with Crippen LogP contribution in [-0.2, 0) is 16.8 Å². The van der Waals surface area contributed by atoms with Crippen LogP contribution in [0.1, 0.15) is 34.6 Å². The second kappa shape index (κ2) is 6.60. The van der Waals surface area contributed by atoms with Crippen molar-refractivity contribution < 1.29 is 14.3 Å². The molecule has 1 spiro atoms. The molecule has 1 N–H and O–H groups in total. The van der Waals surface area contributed by atoms with E-state index in [9.17, 15) is 4.79 Å². The van der Waals surface area contributed by atoms with E-state index in [4.69, 9.17) is 9.47 Å². The number of para-hydroxylation sites is 1. The third kappa shape index (κ3) is 2.65. The molecule has 0 aliphatic carbocycles. The molecular formula is C21H22N4O3. The first-order chi connectivity index (χ1) is 13.7. The molecule has 0 atom stereocenters. The number of carbonyl (C=O) groups excluding carboxylic acids is 1. The number of aromatic amines is 1. The van der Waals surface area contributed by atoms with Gasteiger partial charge in [-0.25, -0.2) is 4.98 Å². The molecule has 1 amide bonds. The lowest BCUT2D eigenvalue weighted by Gasteiger charge is -2.43. The Bertz CT molecular complexity index is 1040. The van der Waals surface area contributed by atoms with Crippen molar-refractivity contribution in [3.05, 3.63) is 53.5 Å². The number of H-pyrrole nitrogens is 1. The summed E-state index contributed by atoms with van der Waals surface area (Å²) in [6.07, 6.45) is 4.27. The third-order valence-electron chi connectivity index (χ3n) is 5.90. The lowest BCUT2D eigenvalue weighted by Crippen LogP contribution is -2.48. The summed E-state index contributed by atoms with van der Waals surface area (Å²) >= 11 is 0. The number of amides is 1. The summed E-state index contributed by atoms with van der Waals surface area (Å²) in [6, 6.07) is 9.43. The summed E-state index contributed by atoms with van der Waals surface area (Å²) in [4.78, 5) is 19.6. The minimum Gasteiger partial charge on any atom is -0.496 e. The minimum absolute atomic E-state index is 0.0699. The lowest BCUT2D eigenvalue weighted by molar-refractivity contribution is -0.0962. The van der Waals surface area contributed by atoms with E-state index in [0.717, 1.165) is 35.9 Å². The van der Waals surface area contributed by atoms with Gasteiger partial charge < -0.3 is 14.4 Å². The largest absolute Gasteiger partial charge is 0.496 e. The van der Waals surface area contributed by atoms with Crippen LogP contribution in [-0.4, -0.2) is 52.8 Å². The first-order valence-electron chi connectivity index (χ1n) is 9.60. The number of likely N-dealkylation sites (tertiary alicyclic amines) is 1. The van der Waals surface area contributed by atoms with Crippen molar-refractivity contribution in [3.8, 4) is 5.75 Å². The zero-order valence-corrected chi connectivity index (χ0v) is 15.8. The first kappa shape index (κ1) is 17.2. The van der Waals surface area contributed by atoms with Gasteiger partial charge in [-0.15, -0.1) is 0 Å². The minimum atomic E-state index is -0.352. The van der Waals surface area contributed by atoms with Crippen LogP contribution in [0.3, 0.4) is 0 Å². The monoisotopic (exact) mass is 378 g/mol. The fourth-order valence-electron chi connectivity index (χ4n) is 4.37. The molecule has 28 heavy (non-hydrogen) atoms. The van der Waals surface area contributed by atoms with Crippen LogP contribution in [0.4, 0.5) is 0 Å². The van der Waals surface area contributed by atoms with Gasteiger partial charge in [0.2, 0.25) is 0 Å². The SMILES string of the molecule is COc1cc(C(=O)N2CCC3(CC2)OCCc2cn[nH]c23)nc2ccccc12. The van der Waals surface area contributed by atoms with Gasteiger partial charge in [-0.2, -0.15) is 5.10 Å². The van der Waals surface area contributed by atoms with Gasteiger partial charge in [-0.05, 0) is 37.0 Å². The number of nitrogens with one attached hydrogen (secondary N) is 1. The molecule has 0 saturated carbocycles. The number of hydrogen-bond donors (Lipinski definition) is 1. The molecule has 2 aliphatic heterocycles. The van der Waals surface area contributed by atoms with Crippen molar-refractivity contribution in [2.24, 2.45) is 0 Å². The summed E-state index contributed by atoms with van der Waals surface area (Å²) in [7, 11) is 1.61. The van der Waals surface area contributed by atoms with E-state index in [-0.39, 0.29) is 11.5 Å². The van der Waals surface area contributed by atoms with E-state index in [2.05, 4.69) is 15.2 Å². The number of piperidine rings is 1. The number of methoxy groups -OCH3 is 1. The van der Waals surface area contributed by atoms with E-state index >= 15 is 0 Å². The molecule has 5 rings (SSSR count). The molecule has 3 aromatic rings. The maximum Gasteiger partial charge on any atom is 0.272 e. The molecule has 2 aliphatic rings. The highest BCUT2D eigenvalue weighted by Gasteiger charge is 2.43. The van der Waals surface area contributed by atoms with Crippen LogP contribution in [0.25, 0.3) is 10.9 Å². The fraction of sp³-hybridized carbons (Fsp3) is 0.381. The molecule has 7 nitrogen and oxygen atoms in total. The quantitative estimate of drug-likeness (QED) is 0.742. The highest BCUT2D eigenvalue weighted by Crippen LogP contribution is 2.40. The summed E-state index contributed by atoms with van der Waals surface area (Å²) in [6.45, 7) is 1.94. The zero-order valence-electron chi connectivity index (χ0n) is 15.8. The van der Waals surface area contributed by atoms with E-state index in [1.807, 2.05) is 35.4 Å². The van der Waals surface area contributed by atoms with Crippen molar-refractivity contribution in [2.75, 3.05) is 26.8 Å². The summed E-state index contributed by atoms with van der Waals surface area (Å²) in [5.41, 5.74) is 3.13. The first-order valence-corrected chi connectivity index (χ1v) is 9.60. The Morgan fingerprint density at radius 3 is 2.93 bits per heavy atom. The normalized spacial score (nSPS) is 18.2. The molecule has 0 bridgehead atoms. The van der Waals surface area contributed by atoms with Gasteiger partial charge in [-0.1, -0.05) is 12.1 Å². The van der Waals surface area contributed by atoms with Crippen LogP contribution in [0.15, 0.2) is 36.5 Å². The van der Waals surface area contributed by atoms with Crippen LogP contribution >= 0.6 is 0 Å². The van der Waals surface area contributed by atoms with Gasteiger partial charge in [0.25, 0.3) is 5.91 Å². The maximum atomic E-state index is 13.1. The van der Waals surface area contributed by atoms with Gasteiger partial charge in [-0.3, -0.25) is 9.89 Å². The highest BCUT2D eigenvalue weighted by atomic mass is 16.5. The molecule has 0 unspecified atom stereocenters. The summed E-state index contributed by atoms with van der Waals surface area (Å²) in [5, 5.41) is 8.22. The molecular weight excluding hydrogens is 356 g/mol. The van der Waals surface area contributed by atoms with Gasteiger partial charge >= 0.3 is 0 Å². The Morgan fingerprint density at radius 1 is 1.29 bits per heavy atom. The average molecular weight is 378 g/mol. The van der Waals surface area contributed by atoms with Crippen molar-refractivity contribution in [2.45, 2.75) is 24.9 Å². The van der Waals surface area contributed by atoms with Crippen molar-refractivity contribution in [3.63, 3.8) is 0 Å². The number of pyridine rings is 1. The number of carbonyl (C=O) groups is 1. The Kier molecular flexibility index (Phi) is 4.05. The topological polar surface area (TPSA) is 80.3 Å². The number of rotatable bonds is 2. The number of aromatic nitrogens is 3. The molecule has 1 saturated heterocycles. The molecule has 0 radical (unpaired) electrons. The summed E-state index contributed by atoms with van der Waals surface area (Å²) < 4.78 is 11.7. The Morgan fingerprint density at radius 2 is 2.11 bits per heavy atom. The van der Waals surface area contributed by atoms with Crippen molar-refractivity contribution in [1.29, 1.82) is 0 Å². The second-order valence-corrected chi connectivity index (χ2v) is 7.38. The zero-order chi connectivity index (χ0) is 19.1. The molecule has 1 fully saturated rings. The molecule has 1 aromatic carbocycles. The Balaban J connectivity index is 1.39. The fourth-order valence-corrected chi connectivity index (χ4v) is 4.37. The predicted octanol–water partition coefficient (Wildman–Crippen LogP) is 2.67. The van der Waals surface area contributed by atoms with Gasteiger partial charge in [0.1, 0.15) is 17.0 Å². The Hall–Kier alpha value is -2.93. The number of nitrogens with zero attached hydrogens (tertiary/aromatic N) is 3. The van der Waals surface area contributed by atoms with Gasteiger partial charge in [0.15, 0.2) is 0 Å². The van der Waals surface area contributed by atoms with Crippen molar-refractivity contribution >= 4 is 16.8 Å². The third-order valence-corrected chi connectivity index (χ3v) is 5.90. The number of benzene rings is 1. The average Bonchev–Trinajstić information content (AvgIpc) is 3.23. The van der Waals surface area contributed by atoms with E-state index in [0.29, 0.717) is 31.1 Å². The van der Waals surface area contributed by atoms with E-state index in [1.165, 1.54) is 5.56 Å². The van der Waals surface area contributed by atoms with Crippen LogP contribution in [0.2, 0.25) is 0 Å². The van der Waals surface area contributed by atoms with Crippen molar-refractivity contribution in [1.82, 2.24) is 20.1 Å². The second-order valence-electron chi connectivity index (χ2n) is 7.38. The molecule has 144 valence electrons. The van der Waals surface area contributed by atoms with E-state index < -0.39 is 0 Å². The van der Waals surface area contributed by atoms with Gasteiger partial charge in [0.05, 0.1) is 31.1 Å². The maximum absolute atomic E-state index is 13.1. The molecule has 7 heteroatoms. The van der Waals surface area contributed by atoms with Gasteiger partial charge in [0, 0.05) is 24.5 Å². The summed E-state index contributed by atoms with van der Waals surface area (Å²) in [5.74, 6) is 0.597. The lowest BCUT2D eigenvalue weighted by atomic mass is 9.83. The smallest absolute Gasteiger partial charge is 0.272 e. The highest BCUT2D eigenvalue weighted by molar-refractivity contribution is 5.97. The Labute approximate surface area is 162 Å².